The van der Waals surface area contributed by atoms with Crippen molar-refractivity contribution in [2.45, 2.75) is 24.6 Å². The Morgan fingerprint density at radius 2 is 2.12 bits per heavy atom. The van der Waals surface area contributed by atoms with Gasteiger partial charge in [0, 0.05) is 30.2 Å². The van der Waals surface area contributed by atoms with E-state index in [1.165, 1.54) is 0 Å². The fraction of sp³-hybridized carbons (Fsp3) is 0.438. The van der Waals surface area contributed by atoms with Crippen molar-refractivity contribution in [1.82, 2.24) is 25.4 Å². The summed E-state index contributed by atoms with van der Waals surface area (Å²) in [5.41, 5.74) is 0.609. The first-order valence-electron chi connectivity index (χ1n) is 8.15. The predicted octanol–water partition coefficient (Wildman–Crippen LogP) is 0.696. The van der Waals surface area contributed by atoms with Gasteiger partial charge in [-0.2, -0.15) is 0 Å². The van der Waals surface area contributed by atoms with Crippen molar-refractivity contribution >= 4 is 17.5 Å². The van der Waals surface area contributed by atoms with Crippen LogP contribution in [0, 0.1) is 0 Å². The summed E-state index contributed by atoms with van der Waals surface area (Å²) in [5.74, 6) is -0.372. The second kappa shape index (κ2) is 6.62. The minimum atomic E-state index is -0.492. The number of fused-ring (bicyclic) bond motifs is 1. The van der Waals surface area contributed by atoms with Gasteiger partial charge in [-0.25, -0.2) is 9.89 Å². The Morgan fingerprint density at radius 3 is 2.84 bits per heavy atom. The number of aromatic nitrogens is 3. The third kappa shape index (κ3) is 3.46. The lowest BCUT2D eigenvalue weighted by Crippen LogP contribution is -2.43. The lowest BCUT2D eigenvalue weighted by molar-refractivity contribution is -0.0502. The van der Waals surface area contributed by atoms with Gasteiger partial charge < -0.3 is 10.1 Å². The fourth-order valence-corrected chi connectivity index (χ4v) is 3.62. The summed E-state index contributed by atoms with van der Waals surface area (Å²) in [4.78, 5) is 27.9. The van der Waals surface area contributed by atoms with E-state index in [1.807, 2.05) is 24.3 Å². The third-order valence-electron chi connectivity index (χ3n) is 4.71. The van der Waals surface area contributed by atoms with Crippen molar-refractivity contribution in [1.29, 1.82) is 0 Å². The molecule has 0 bridgehead atoms. The number of hydrogen-bond acceptors (Lipinski definition) is 5. The Kier molecular flexibility index (Phi) is 4.32. The quantitative estimate of drug-likeness (QED) is 0.744. The first-order valence-corrected chi connectivity index (χ1v) is 8.53. The fourth-order valence-electron chi connectivity index (χ4n) is 3.49. The highest BCUT2D eigenvalue weighted by molar-refractivity contribution is 6.30. The zero-order valence-electron chi connectivity index (χ0n) is 13.4. The van der Waals surface area contributed by atoms with Gasteiger partial charge in [-0.15, -0.1) is 5.10 Å². The average molecular weight is 364 g/mol. The number of aromatic amines is 2. The highest BCUT2D eigenvalue weighted by atomic mass is 35.5. The summed E-state index contributed by atoms with van der Waals surface area (Å²) < 4.78 is 6.00. The minimum absolute atomic E-state index is 0.00478. The maximum atomic E-state index is 12.1. The van der Waals surface area contributed by atoms with Gasteiger partial charge >= 0.3 is 5.69 Å². The first kappa shape index (κ1) is 16.3. The Balaban J connectivity index is 1.37. The topological polar surface area (TPSA) is 103 Å². The molecule has 2 aliphatic heterocycles. The van der Waals surface area contributed by atoms with Crippen LogP contribution in [0.3, 0.4) is 0 Å². The van der Waals surface area contributed by atoms with Crippen LogP contribution >= 0.6 is 11.6 Å². The number of carbonyl (C=O) groups is 1. The number of ether oxygens (including phenoxy) is 1. The molecule has 8 nitrogen and oxygen atoms in total. The molecule has 0 radical (unpaired) electrons. The molecule has 2 fully saturated rings. The highest BCUT2D eigenvalue weighted by Gasteiger charge is 2.38. The number of nitrogens with one attached hydrogen (secondary N) is 3. The summed E-state index contributed by atoms with van der Waals surface area (Å²) in [6, 6.07) is 7.98. The standard InChI is InChI=1S/C16H18ClN5O3/c17-10-3-1-9(2-4-10)13-7-22-6-11(5-12(22)8-25-13)18-15(23)14-19-16(24)21-20-14/h1-4,11-13H,5-8H2,(H,18,23)(H2,19,20,21,24)/t11-,12+,13-/m1/s1. The third-order valence-corrected chi connectivity index (χ3v) is 4.96. The van der Waals surface area contributed by atoms with Crippen molar-refractivity contribution in [2.24, 2.45) is 0 Å². The lowest BCUT2D eigenvalue weighted by Gasteiger charge is -2.35. The van der Waals surface area contributed by atoms with Crippen LogP contribution in [0.1, 0.15) is 28.7 Å². The van der Waals surface area contributed by atoms with Gasteiger partial charge in [-0.05, 0) is 24.1 Å². The molecule has 1 aromatic carbocycles. The normalized spacial score (nSPS) is 26.4. The molecule has 2 aromatic rings. The van der Waals surface area contributed by atoms with Crippen LogP contribution in [0.4, 0.5) is 0 Å². The number of halogens is 1. The molecule has 3 heterocycles. The van der Waals surface area contributed by atoms with E-state index in [9.17, 15) is 9.59 Å². The summed E-state index contributed by atoms with van der Waals surface area (Å²) in [7, 11) is 0. The Labute approximate surface area is 148 Å². The molecule has 0 spiro atoms. The number of rotatable bonds is 3. The molecule has 2 saturated heterocycles. The average Bonchev–Trinajstić information content (AvgIpc) is 3.20. The van der Waals surface area contributed by atoms with E-state index in [2.05, 4.69) is 25.4 Å². The molecule has 0 saturated carbocycles. The van der Waals surface area contributed by atoms with Gasteiger partial charge in [0.1, 0.15) is 0 Å². The Morgan fingerprint density at radius 1 is 1.32 bits per heavy atom. The molecule has 3 atom stereocenters. The molecule has 3 N–H and O–H groups in total. The minimum Gasteiger partial charge on any atom is -0.371 e. The number of carbonyl (C=O) groups excluding carboxylic acids is 1. The van der Waals surface area contributed by atoms with Gasteiger partial charge in [0.15, 0.2) is 0 Å². The molecule has 0 aliphatic carbocycles. The number of H-pyrrole nitrogens is 2. The van der Waals surface area contributed by atoms with E-state index in [0.29, 0.717) is 11.6 Å². The van der Waals surface area contributed by atoms with E-state index < -0.39 is 5.69 Å². The van der Waals surface area contributed by atoms with Crippen LogP contribution in [0.2, 0.25) is 5.02 Å². The van der Waals surface area contributed by atoms with E-state index in [1.54, 1.807) is 0 Å². The van der Waals surface area contributed by atoms with E-state index in [4.69, 9.17) is 16.3 Å². The molecule has 132 valence electrons. The van der Waals surface area contributed by atoms with Crippen LogP contribution in [-0.4, -0.2) is 57.8 Å². The van der Waals surface area contributed by atoms with E-state index in [-0.39, 0.29) is 29.9 Å². The SMILES string of the molecule is O=C(N[C@@H]1C[C@H]2CO[C@@H](c3ccc(Cl)cc3)CN2C1)c1n[nH]c(=O)[nH]1. The number of amides is 1. The van der Waals surface area contributed by atoms with Crippen molar-refractivity contribution in [3.63, 3.8) is 0 Å². The number of nitrogens with zero attached hydrogens (tertiary/aromatic N) is 2. The highest BCUT2D eigenvalue weighted by Crippen LogP contribution is 2.30. The first-order chi connectivity index (χ1) is 12.1. The molecular formula is C16H18ClN5O3. The second-order valence-corrected chi connectivity index (χ2v) is 6.85. The molecular weight excluding hydrogens is 346 g/mol. The van der Waals surface area contributed by atoms with Crippen LogP contribution < -0.4 is 11.0 Å². The van der Waals surface area contributed by atoms with Crippen LogP contribution in [0.25, 0.3) is 0 Å². The number of benzene rings is 1. The Hall–Kier alpha value is -2.16. The smallest absolute Gasteiger partial charge is 0.341 e. The number of morpholine rings is 1. The van der Waals surface area contributed by atoms with Crippen LogP contribution in [0.15, 0.2) is 29.1 Å². The van der Waals surface area contributed by atoms with Crippen LogP contribution in [0.5, 0.6) is 0 Å². The summed E-state index contributed by atoms with van der Waals surface area (Å²) in [6.45, 7) is 2.15. The lowest BCUT2D eigenvalue weighted by atomic mass is 10.1. The molecule has 2 aliphatic rings. The second-order valence-electron chi connectivity index (χ2n) is 6.41. The molecule has 9 heteroatoms. The van der Waals surface area contributed by atoms with Gasteiger partial charge in [0.2, 0.25) is 5.82 Å². The van der Waals surface area contributed by atoms with E-state index >= 15 is 0 Å². The van der Waals surface area contributed by atoms with Gasteiger partial charge in [0.05, 0.1) is 12.7 Å². The van der Waals surface area contributed by atoms with E-state index in [0.717, 1.165) is 25.1 Å². The molecule has 25 heavy (non-hydrogen) atoms. The molecule has 0 unspecified atom stereocenters. The zero-order valence-corrected chi connectivity index (χ0v) is 14.1. The monoisotopic (exact) mass is 363 g/mol. The van der Waals surface area contributed by atoms with Gasteiger partial charge in [-0.3, -0.25) is 14.7 Å². The van der Waals surface area contributed by atoms with Crippen molar-refractivity contribution in [3.05, 3.63) is 51.2 Å². The maximum absolute atomic E-state index is 12.1. The molecule has 1 amide bonds. The Bertz CT molecular complexity index is 818. The largest absolute Gasteiger partial charge is 0.371 e. The predicted molar refractivity (Wildman–Crippen MR) is 90.6 cm³/mol. The van der Waals surface area contributed by atoms with Crippen molar-refractivity contribution in [3.8, 4) is 0 Å². The van der Waals surface area contributed by atoms with Gasteiger partial charge in [-0.1, -0.05) is 23.7 Å². The summed E-state index contributed by atoms with van der Waals surface area (Å²) in [6.07, 6.45) is 0.818. The molecule has 4 rings (SSSR count). The number of hydrogen-bond donors (Lipinski definition) is 3. The van der Waals surface area contributed by atoms with Gasteiger partial charge in [0.25, 0.3) is 5.91 Å². The molecule has 1 aromatic heterocycles. The van der Waals surface area contributed by atoms with Crippen molar-refractivity contribution < 1.29 is 9.53 Å². The van der Waals surface area contributed by atoms with Crippen LogP contribution in [-0.2, 0) is 4.74 Å². The maximum Gasteiger partial charge on any atom is 0.341 e. The summed E-state index contributed by atoms with van der Waals surface area (Å²) >= 11 is 5.94. The zero-order chi connectivity index (χ0) is 17.4. The summed E-state index contributed by atoms with van der Waals surface area (Å²) in [5, 5.41) is 9.47. The van der Waals surface area contributed by atoms with Crippen molar-refractivity contribution in [2.75, 3.05) is 19.7 Å².